The highest BCUT2D eigenvalue weighted by molar-refractivity contribution is 5.76. The average molecular weight is 491 g/mol. The van der Waals surface area contributed by atoms with E-state index < -0.39 is 6.10 Å². The van der Waals surface area contributed by atoms with E-state index in [2.05, 4.69) is 25.7 Å². The second-order valence-corrected chi connectivity index (χ2v) is 10.4. The van der Waals surface area contributed by atoms with Crippen molar-refractivity contribution in [2.24, 2.45) is 5.73 Å². The Morgan fingerprint density at radius 2 is 1.34 bits per heavy atom. The van der Waals surface area contributed by atoms with Crippen LogP contribution >= 0.6 is 0 Å². The van der Waals surface area contributed by atoms with Crippen molar-refractivity contribution < 1.29 is 14.6 Å². The molecule has 1 rings (SSSR count). The van der Waals surface area contributed by atoms with Gasteiger partial charge in [0.15, 0.2) is 0 Å². The number of unbranched alkanes of at least 4 members (excludes halogenated alkanes) is 13. The molecule has 0 radical (unpaired) electrons. The fourth-order valence-corrected chi connectivity index (χ4v) is 4.49. The van der Waals surface area contributed by atoms with Crippen LogP contribution in [0.4, 0.5) is 0 Å². The summed E-state index contributed by atoms with van der Waals surface area (Å²) in [6.07, 6.45) is 18.9. The minimum atomic E-state index is -0.533. The van der Waals surface area contributed by atoms with Crippen LogP contribution < -0.4 is 10.5 Å². The van der Waals surface area contributed by atoms with E-state index in [0.717, 1.165) is 12.1 Å². The van der Waals surface area contributed by atoms with Crippen molar-refractivity contribution in [3.8, 4) is 5.75 Å². The van der Waals surface area contributed by atoms with Crippen LogP contribution in [0.5, 0.6) is 5.75 Å². The molecule has 0 fully saturated rings. The number of rotatable bonds is 23. The van der Waals surface area contributed by atoms with Gasteiger partial charge in [-0.3, -0.25) is 9.69 Å². The molecule has 1 unspecified atom stereocenters. The normalized spacial score (nSPS) is 12.4. The van der Waals surface area contributed by atoms with Crippen molar-refractivity contribution in [2.45, 2.75) is 129 Å². The van der Waals surface area contributed by atoms with Gasteiger partial charge in [-0.05, 0) is 44.5 Å². The molecular formula is C30H54N2O3. The van der Waals surface area contributed by atoms with E-state index in [1.165, 1.54) is 89.9 Å². The van der Waals surface area contributed by atoms with Gasteiger partial charge in [0.1, 0.15) is 18.5 Å². The summed E-state index contributed by atoms with van der Waals surface area (Å²) in [5.41, 5.74) is 6.09. The molecule has 5 heteroatoms. The van der Waals surface area contributed by atoms with E-state index in [9.17, 15) is 9.90 Å². The standard InChI is InChI=1S/C30H54N2O3/c1-4-5-6-7-8-9-10-11-12-13-14-15-16-17-22-32(26(2)3)24-28(33)25-35-29-20-18-27(19-21-29)23-30(31)34/h18-21,26,28,33H,4-17,22-25H2,1-3H3,(H2,31,34). The van der Waals surface area contributed by atoms with Gasteiger partial charge < -0.3 is 15.6 Å². The van der Waals surface area contributed by atoms with Crippen LogP contribution in [-0.4, -0.2) is 47.8 Å². The van der Waals surface area contributed by atoms with Gasteiger partial charge in [-0.25, -0.2) is 0 Å². The van der Waals surface area contributed by atoms with Crippen LogP contribution in [-0.2, 0) is 11.2 Å². The molecule has 0 aliphatic rings. The lowest BCUT2D eigenvalue weighted by Gasteiger charge is -2.28. The fourth-order valence-electron chi connectivity index (χ4n) is 4.49. The summed E-state index contributed by atoms with van der Waals surface area (Å²) in [6, 6.07) is 7.71. The molecule has 0 spiro atoms. The Balaban J connectivity index is 2.08. The van der Waals surface area contributed by atoms with Crippen LogP contribution in [0, 0.1) is 0 Å². The molecule has 0 saturated carbocycles. The molecule has 5 nitrogen and oxygen atoms in total. The molecule has 0 heterocycles. The van der Waals surface area contributed by atoms with Gasteiger partial charge in [-0.2, -0.15) is 0 Å². The van der Waals surface area contributed by atoms with Crippen LogP contribution in [0.15, 0.2) is 24.3 Å². The highest BCUT2D eigenvalue weighted by Crippen LogP contribution is 2.15. The van der Waals surface area contributed by atoms with Gasteiger partial charge in [-0.1, -0.05) is 103 Å². The lowest BCUT2D eigenvalue weighted by molar-refractivity contribution is -0.117. The van der Waals surface area contributed by atoms with Gasteiger partial charge in [0.25, 0.3) is 0 Å². The quantitative estimate of drug-likeness (QED) is 0.168. The molecular weight excluding hydrogens is 436 g/mol. The van der Waals surface area contributed by atoms with Gasteiger partial charge >= 0.3 is 0 Å². The molecule has 1 atom stereocenters. The monoisotopic (exact) mass is 490 g/mol. The van der Waals surface area contributed by atoms with Crippen molar-refractivity contribution in [1.82, 2.24) is 4.90 Å². The van der Waals surface area contributed by atoms with Crippen molar-refractivity contribution in [3.63, 3.8) is 0 Å². The first-order valence-electron chi connectivity index (χ1n) is 14.3. The lowest BCUT2D eigenvalue weighted by Crippen LogP contribution is -2.40. The number of benzene rings is 1. The number of carbonyl (C=O) groups excluding carboxylic acids is 1. The zero-order valence-electron chi connectivity index (χ0n) is 23.0. The Kier molecular flexibility index (Phi) is 18.5. The third-order valence-electron chi connectivity index (χ3n) is 6.72. The van der Waals surface area contributed by atoms with Crippen molar-refractivity contribution in [1.29, 1.82) is 0 Å². The molecule has 1 amide bonds. The SMILES string of the molecule is CCCCCCCCCCCCCCCCN(CC(O)COc1ccc(CC(N)=O)cc1)C(C)C. The number of aliphatic hydroxyl groups excluding tert-OH is 1. The lowest BCUT2D eigenvalue weighted by atomic mass is 10.0. The Morgan fingerprint density at radius 3 is 1.80 bits per heavy atom. The molecule has 1 aromatic carbocycles. The molecule has 0 aliphatic carbocycles. The number of aliphatic hydroxyl groups is 1. The molecule has 1 aromatic rings. The highest BCUT2D eigenvalue weighted by Gasteiger charge is 2.15. The predicted octanol–water partition coefficient (Wildman–Crippen LogP) is 6.65. The summed E-state index contributed by atoms with van der Waals surface area (Å²) in [7, 11) is 0. The van der Waals surface area contributed by atoms with Crippen molar-refractivity contribution in [2.75, 3.05) is 19.7 Å². The molecule has 0 aromatic heterocycles. The maximum Gasteiger partial charge on any atom is 0.221 e. The molecule has 0 aliphatic heterocycles. The number of nitrogens with zero attached hydrogens (tertiary/aromatic N) is 1. The summed E-state index contributed by atoms with van der Waals surface area (Å²) in [6.45, 7) is 8.56. The third kappa shape index (κ3) is 17.5. The number of ether oxygens (including phenoxy) is 1. The van der Waals surface area contributed by atoms with E-state index in [1.54, 1.807) is 0 Å². The highest BCUT2D eigenvalue weighted by atomic mass is 16.5. The zero-order valence-corrected chi connectivity index (χ0v) is 23.0. The maximum atomic E-state index is 11.0. The third-order valence-corrected chi connectivity index (χ3v) is 6.72. The van der Waals surface area contributed by atoms with Gasteiger partial charge in [0.05, 0.1) is 6.42 Å². The summed E-state index contributed by atoms with van der Waals surface area (Å²) in [5, 5.41) is 10.5. The minimum Gasteiger partial charge on any atom is -0.491 e. The van der Waals surface area contributed by atoms with E-state index in [1.807, 2.05) is 24.3 Å². The van der Waals surface area contributed by atoms with E-state index in [4.69, 9.17) is 10.5 Å². The number of carbonyl (C=O) groups is 1. The van der Waals surface area contributed by atoms with Gasteiger partial charge in [0.2, 0.25) is 5.91 Å². The Bertz CT molecular complexity index is 633. The van der Waals surface area contributed by atoms with E-state index in [0.29, 0.717) is 18.3 Å². The minimum absolute atomic E-state index is 0.228. The fraction of sp³-hybridized carbons (Fsp3) is 0.767. The van der Waals surface area contributed by atoms with Crippen molar-refractivity contribution >= 4 is 5.91 Å². The summed E-state index contributed by atoms with van der Waals surface area (Å²) in [4.78, 5) is 13.3. The number of hydrogen-bond acceptors (Lipinski definition) is 4. The van der Waals surface area contributed by atoms with Gasteiger partial charge in [-0.15, -0.1) is 0 Å². The van der Waals surface area contributed by atoms with Crippen molar-refractivity contribution in [3.05, 3.63) is 29.8 Å². The largest absolute Gasteiger partial charge is 0.491 e. The van der Waals surface area contributed by atoms with Gasteiger partial charge in [0, 0.05) is 12.6 Å². The molecule has 3 N–H and O–H groups in total. The molecule has 0 bridgehead atoms. The molecule has 35 heavy (non-hydrogen) atoms. The summed E-state index contributed by atoms with van der Waals surface area (Å²) >= 11 is 0. The van der Waals surface area contributed by atoms with Crippen LogP contribution in [0.25, 0.3) is 0 Å². The van der Waals surface area contributed by atoms with Crippen LogP contribution in [0.1, 0.15) is 116 Å². The topological polar surface area (TPSA) is 75.8 Å². The smallest absolute Gasteiger partial charge is 0.221 e. The predicted molar refractivity (Wildman–Crippen MR) is 148 cm³/mol. The first kappa shape index (κ1) is 31.4. The number of hydrogen-bond donors (Lipinski definition) is 2. The Labute approximate surface area is 215 Å². The van der Waals surface area contributed by atoms with E-state index >= 15 is 0 Å². The van der Waals surface area contributed by atoms with E-state index in [-0.39, 0.29) is 18.9 Å². The summed E-state index contributed by atoms with van der Waals surface area (Å²) < 4.78 is 5.74. The number of primary amides is 1. The summed E-state index contributed by atoms with van der Waals surface area (Å²) in [5.74, 6) is 0.349. The average Bonchev–Trinajstić information content (AvgIpc) is 2.82. The first-order chi connectivity index (χ1) is 16.9. The second kappa shape index (κ2) is 20.6. The van der Waals surface area contributed by atoms with Crippen LogP contribution in [0.3, 0.4) is 0 Å². The van der Waals surface area contributed by atoms with Crippen LogP contribution in [0.2, 0.25) is 0 Å². The first-order valence-corrected chi connectivity index (χ1v) is 14.3. The zero-order chi connectivity index (χ0) is 25.7. The molecule has 202 valence electrons. The second-order valence-electron chi connectivity index (χ2n) is 10.4. The molecule has 0 saturated heterocycles. The maximum absolute atomic E-state index is 11.0. The Morgan fingerprint density at radius 1 is 0.857 bits per heavy atom. The Hall–Kier alpha value is -1.59. The number of nitrogens with two attached hydrogens (primary N) is 1. The number of amides is 1.